The van der Waals surface area contributed by atoms with Crippen molar-refractivity contribution in [3.63, 3.8) is 0 Å². The number of hydrogen-bond donors (Lipinski definition) is 1. The van der Waals surface area contributed by atoms with Crippen molar-refractivity contribution in [3.8, 4) is 0 Å². The summed E-state index contributed by atoms with van der Waals surface area (Å²) in [5.41, 5.74) is 0. The third-order valence-electron chi connectivity index (χ3n) is 3.68. The molecule has 0 amide bonds. The first-order valence-electron chi connectivity index (χ1n) is 7.25. The zero-order valence-corrected chi connectivity index (χ0v) is 12.0. The first-order valence-corrected chi connectivity index (χ1v) is 7.25. The molecule has 0 aliphatic heterocycles. The van der Waals surface area contributed by atoms with Crippen LogP contribution in [0.4, 0.5) is 0 Å². The molecular weight excluding hydrogens is 210 g/mol. The number of rotatable bonds is 8. The Hall–Kier alpha value is -0.120. The van der Waals surface area contributed by atoms with Crippen molar-refractivity contribution < 1.29 is 0 Å². The molecule has 0 aromatic heterocycles. The Bertz CT molecular complexity index is 176. The molecule has 1 aliphatic rings. The maximum Gasteiger partial charge on any atom is 0.0106 e. The van der Waals surface area contributed by atoms with E-state index in [2.05, 4.69) is 36.3 Å². The molecule has 0 aromatic carbocycles. The van der Waals surface area contributed by atoms with Crippen molar-refractivity contribution in [1.29, 1.82) is 0 Å². The first-order chi connectivity index (χ1) is 8.18. The van der Waals surface area contributed by atoms with Gasteiger partial charge in [0.15, 0.2) is 0 Å². The minimum Gasteiger partial charge on any atom is -0.314 e. The Kier molecular flexibility index (Phi) is 7.82. The molecule has 3 nitrogen and oxygen atoms in total. The van der Waals surface area contributed by atoms with Gasteiger partial charge < -0.3 is 15.1 Å². The lowest BCUT2D eigenvalue weighted by Gasteiger charge is -2.24. The van der Waals surface area contributed by atoms with Crippen LogP contribution < -0.4 is 5.32 Å². The maximum atomic E-state index is 3.70. The smallest absolute Gasteiger partial charge is 0.0106 e. The van der Waals surface area contributed by atoms with Crippen molar-refractivity contribution in [2.45, 2.75) is 44.6 Å². The fourth-order valence-corrected chi connectivity index (χ4v) is 2.44. The van der Waals surface area contributed by atoms with Gasteiger partial charge in [-0.2, -0.15) is 0 Å². The lowest BCUT2D eigenvalue weighted by atomic mass is 9.95. The van der Waals surface area contributed by atoms with Crippen LogP contribution in [-0.4, -0.2) is 63.2 Å². The van der Waals surface area contributed by atoms with Gasteiger partial charge in [-0.25, -0.2) is 0 Å². The van der Waals surface area contributed by atoms with Crippen LogP contribution in [0.5, 0.6) is 0 Å². The number of nitrogens with zero attached hydrogens (tertiary/aromatic N) is 2. The highest BCUT2D eigenvalue weighted by Gasteiger charge is 2.11. The first kappa shape index (κ1) is 14.9. The molecule has 0 unspecified atom stereocenters. The van der Waals surface area contributed by atoms with E-state index in [1.54, 1.807) is 0 Å². The fourth-order valence-electron chi connectivity index (χ4n) is 2.44. The van der Waals surface area contributed by atoms with Gasteiger partial charge in [-0.05, 0) is 53.5 Å². The summed E-state index contributed by atoms with van der Waals surface area (Å²) in [7, 11) is 6.50. The van der Waals surface area contributed by atoms with E-state index in [0.29, 0.717) is 0 Å². The molecule has 0 spiro atoms. The molecular formula is C14H31N3. The summed E-state index contributed by atoms with van der Waals surface area (Å²) in [6, 6.07) is 0.816. The van der Waals surface area contributed by atoms with Crippen LogP contribution in [0.2, 0.25) is 0 Å². The molecule has 1 saturated carbocycles. The van der Waals surface area contributed by atoms with E-state index in [0.717, 1.165) is 12.6 Å². The zero-order valence-electron chi connectivity index (χ0n) is 12.0. The van der Waals surface area contributed by atoms with Gasteiger partial charge in [0.25, 0.3) is 0 Å². The van der Waals surface area contributed by atoms with Gasteiger partial charge in [-0.3, -0.25) is 0 Å². The molecule has 0 saturated heterocycles. The average molecular weight is 241 g/mol. The Morgan fingerprint density at radius 2 is 1.65 bits per heavy atom. The van der Waals surface area contributed by atoms with Crippen LogP contribution in [0.25, 0.3) is 0 Å². The fraction of sp³-hybridized carbons (Fsp3) is 1.00. The zero-order chi connectivity index (χ0) is 12.5. The molecule has 102 valence electrons. The second-order valence-corrected chi connectivity index (χ2v) is 5.75. The molecule has 17 heavy (non-hydrogen) atoms. The molecule has 0 atom stereocenters. The summed E-state index contributed by atoms with van der Waals surface area (Å²) in [6.45, 7) is 4.74. The van der Waals surface area contributed by atoms with E-state index in [9.17, 15) is 0 Å². The van der Waals surface area contributed by atoms with E-state index in [4.69, 9.17) is 0 Å². The minimum atomic E-state index is 0.816. The third kappa shape index (κ3) is 7.74. The second kappa shape index (κ2) is 8.90. The van der Waals surface area contributed by atoms with Gasteiger partial charge in [0.1, 0.15) is 0 Å². The van der Waals surface area contributed by atoms with Gasteiger partial charge in [-0.15, -0.1) is 0 Å². The number of nitrogens with one attached hydrogen (secondary N) is 1. The molecule has 0 radical (unpaired) electrons. The molecule has 1 N–H and O–H groups in total. The van der Waals surface area contributed by atoms with Gasteiger partial charge in [-0.1, -0.05) is 19.3 Å². The summed E-state index contributed by atoms with van der Waals surface area (Å²) >= 11 is 0. The standard InChI is InChI=1S/C14H31N3/c1-16(2)12-13-17(3)11-7-10-15-14-8-5-4-6-9-14/h14-15H,4-13H2,1-3H3. The van der Waals surface area contributed by atoms with Crippen LogP contribution in [0.15, 0.2) is 0 Å². The van der Waals surface area contributed by atoms with Gasteiger partial charge in [0.05, 0.1) is 0 Å². The summed E-state index contributed by atoms with van der Waals surface area (Å²) in [4.78, 5) is 4.68. The SMILES string of the molecule is CN(C)CCN(C)CCCNC1CCCCC1. The predicted octanol–water partition coefficient (Wildman–Crippen LogP) is 1.79. The predicted molar refractivity (Wildman–Crippen MR) is 75.5 cm³/mol. The average Bonchev–Trinajstić information content (AvgIpc) is 2.33. The van der Waals surface area contributed by atoms with Crippen LogP contribution >= 0.6 is 0 Å². The molecule has 0 aromatic rings. The molecule has 1 rings (SSSR count). The van der Waals surface area contributed by atoms with Crippen LogP contribution in [0.1, 0.15) is 38.5 Å². The topological polar surface area (TPSA) is 18.5 Å². The summed E-state index contributed by atoms with van der Waals surface area (Å²) in [5.74, 6) is 0. The van der Waals surface area contributed by atoms with Crippen molar-refractivity contribution >= 4 is 0 Å². The van der Waals surface area contributed by atoms with E-state index in [1.807, 2.05) is 0 Å². The highest BCUT2D eigenvalue weighted by molar-refractivity contribution is 4.71. The Morgan fingerprint density at radius 1 is 0.941 bits per heavy atom. The normalized spacial score (nSPS) is 18.2. The van der Waals surface area contributed by atoms with Gasteiger partial charge in [0.2, 0.25) is 0 Å². The van der Waals surface area contributed by atoms with Gasteiger partial charge >= 0.3 is 0 Å². The Morgan fingerprint density at radius 3 is 2.29 bits per heavy atom. The van der Waals surface area contributed by atoms with Crippen molar-refractivity contribution in [2.24, 2.45) is 0 Å². The van der Waals surface area contributed by atoms with Crippen LogP contribution in [0.3, 0.4) is 0 Å². The second-order valence-electron chi connectivity index (χ2n) is 5.75. The summed E-state index contributed by atoms with van der Waals surface area (Å²) in [6.07, 6.45) is 8.39. The van der Waals surface area contributed by atoms with Crippen molar-refractivity contribution in [3.05, 3.63) is 0 Å². The summed E-state index contributed by atoms with van der Waals surface area (Å²) in [5, 5.41) is 3.70. The lowest BCUT2D eigenvalue weighted by molar-refractivity contribution is 0.274. The van der Waals surface area contributed by atoms with Gasteiger partial charge in [0, 0.05) is 19.1 Å². The van der Waals surface area contributed by atoms with Crippen LogP contribution in [0, 0.1) is 0 Å². The van der Waals surface area contributed by atoms with Crippen molar-refractivity contribution in [1.82, 2.24) is 15.1 Å². The Labute approximate surface area is 108 Å². The highest BCUT2D eigenvalue weighted by Crippen LogP contribution is 2.17. The molecule has 3 heteroatoms. The van der Waals surface area contributed by atoms with Crippen LogP contribution in [-0.2, 0) is 0 Å². The summed E-state index contributed by atoms with van der Waals surface area (Å²) < 4.78 is 0. The Balaban J connectivity index is 1.92. The highest BCUT2D eigenvalue weighted by atomic mass is 15.1. The molecule has 1 aliphatic carbocycles. The monoisotopic (exact) mass is 241 g/mol. The van der Waals surface area contributed by atoms with Crippen molar-refractivity contribution in [2.75, 3.05) is 47.3 Å². The lowest BCUT2D eigenvalue weighted by Crippen LogP contribution is -2.34. The van der Waals surface area contributed by atoms with E-state index >= 15 is 0 Å². The quantitative estimate of drug-likeness (QED) is 0.654. The third-order valence-corrected chi connectivity index (χ3v) is 3.68. The molecule has 1 fully saturated rings. The van der Waals surface area contributed by atoms with E-state index in [1.165, 1.54) is 58.2 Å². The largest absolute Gasteiger partial charge is 0.314 e. The maximum absolute atomic E-state index is 3.70. The van der Waals surface area contributed by atoms with E-state index in [-0.39, 0.29) is 0 Å². The molecule has 0 bridgehead atoms. The van der Waals surface area contributed by atoms with E-state index < -0.39 is 0 Å². The minimum absolute atomic E-state index is 0.816. The molecule has 0 heterocycles. The number of likely N-dealkylation sites (N-methyl/N-ethyl adjacent to an activating group) is 2. The number of hydrogen-bond acceptors (Lipinski definition) is 3.